The topological polar surface area (TPSA) is 128 Å². The zero-order chi connectivity index (χ0) is 20.3. The number of hydrogen-bond acceptors (Lipinski definition) is 4. The standard InChI is InChI=1S/C19H19ClN6O2/c1-19(5-6-27,25-18(21)22)12-3-2-4-14(7-12)24-17(28)16-9-15-8-13(20)10-26(15)11-23-16/h2-4,6-11H,5H2,1H3,(H,24,28)(H4,21,22,25). The Bertz CT molecular complexity index is 1070. The summed E-state index contributed by atoms with van der Waals surface area (Å²) in [5, 5.41) is 3.35. The molecule has 1 atom stereocenters. The zero-order valence-electron chi connectivity index (χ0n) is 15.1. The van der Waals surface area contributed by atoms with Crippen LogP contribution in [-0.2, 0) is 10.3 Å². The molecule has 0 spiro atoms. The summed E-state index contributed by atoms with van der Waals surface area (Å²) in [6.45, 7) is 1.74. The van der Waals surface area contributed by atoms with E-state index in [1.54, 1.807) is 53.9 Å². The Morgan fingerprint density at radius 1 is 1.36 bits per heavy atom. The summed E-state index contributed by atoms with van der Waals surface area (Å²) in [7, 11) is 0. The number of carbonyl (C=O) groups excluding carboxylic acids is 2. The number of amides is 1. The number of hydrogen-bond donors (Lipinski definition) is 3. The lowest BCUT2D eigenvalue weighted by Gasteiger charge is -2.24. The van der Waals surface area contributed by atoms with Crippen molar-refractivity contribution in [2.45, 2.75) is 18.9 Å². The molecule has 2 aromatic heterocycles. The minimum absolute atomic E-state index is 0.0928. The third-order valence-electron chi connectivity index (χ3n) is 4.28. The number of nitrogens with one attached hydrogen (secondary N) is 1. The largest absolute Gasteiger partial charge is 0.370 e. The molecule has 0 aliphatic carbocycles. The Labute approximate surface area is 166 Å². The molecule has 0 aliphatic heterocycles. The van der Waals surface area contributed by atoms with E-state index in [0.717, 1.165) is 11.8 Å². The Morgan fingerprint density at radius 2 is 2.14 bits per heavy atom. The van der Waals surface area contributed by atoms with Gasteiger partial charge < -0.3 is 26.0 Å². The maximum Gasteiger partial charge on any atom is 0.274 e. The number of nitrogens with two attached hydrogens (primary N) is 2. The van der Waals surface area contributed by atoms with Crippen molar-refractivity contribution in [2.24, 2.45) is 16.5 Å². The van der Waals surface area contributed by atoms with Crippen LogP contribution in [0.15, 0.2) is 53.9 Å². The second-order valence-electron chi connectivity index (χ2n) is 6.48. The van der Waals surface area contributed by atoms with E-state index >= 15 is 0 Å². The first-order chi connectivity index (χ1) is 13.3. The quantitative estimate of drug-likeness (QED) is 0.333. The van der Waals surface area contributed by atoms with Gasteiger partial charge in [-0.25, -0.2) is 9.98 Å². The highest BCUT2D eigenvalue weighted by Crippen LogP contribution is 2.30. The lowest BCUT2D eigenvalue weighted by atomic mass is 9.89. The molecule has 2 heterocycles. The van der Waals surface area contributed by atoms with Gasteiger partial charge in [-0.3, -0.25) is 4.79 Å². The average molecular weight is 399 g/mol. The second-order valence-corrected chi connectivity index (χ2v) is 6.92. The summed E-state index contributed by atoms with van der Waals surface area (Å²) in [4.78, 5) is 32.0. The summed E-state index contributed by atoms with van der Waals surface area (Å²) in [6, 6.07) is 10.4. The van der Waals surface area contributed by atoms with Crippen molar-refractivity contribution >= 4 is 41.0 Å². The van der Waals surface area contributed by atoms with Gasteiger partial charge in [0, 0.05) is 18.3 Å². The van der Waals surface area contributed by atoms with E-state index in [9.17, 15) is 9.59 Å². The molecule has 1 unspecified atom stereocenters. The van der Waals surface area contributed by atoms with Gasteiger partial charge >= 0.3 is 0 Å². The third-order valence-corrected chi connectivity index (χ3v) is 4.49. The van der Waals surface area contributed by atoms with Crippen LogP contribution in [0.5, 0.6) is 0 Å². The number of fused-ring (bicyclic) bond motifs is 1. The van der Waals surface area contributed by atoms with Gasteiger partial charge in [0.15, 0.2) is 5.96 Å². The van der Waals surface area contributed by atoms with Crippen LogP contribution in [0.4, 0.5) is 5.69 Å². The first-order valence-corrected chi connectivity index (χ1v) is 8.78. The van der Waals surface area contributed by atoms with E-state index in [1.165, 1.54) is 6.33 Å². The number of anilines is 1. The molecule has 0 aliphatic rings. The monoisotopic (exact) mass is 398 g/mol. The van der Waals surface area contributed by atoms with E-state index in [2.05, 4.69) is 15.3 Å². The molecule has 9 heteroatoms. The molecular formula is C19H19ClN6O2. The average Bonchev–Trinajstić information content (AvgIpc) is 3.00. The van der Waals surface area contributed by atoms with Gasteiger partial charge in [0.05, 0.1) is 16.1 Å². The van der Waals surface area contributed by atoms with Crippen LogP contribution in [0.2, 0.25) is 5.02 Å². The number of rotatable bonds is 6. The molecule has 144 valence electrons. The maximum absolute atomic E-state index is 12.6. The first-order valence-electron chi connectivity index (χ1n) is 8.40. The molecular weight excluding hydrogens is 380 g/mol. The molecule has 3 aromatic rings. The lowest BCUT2D eigenvalue weighted by molar-refractivity contribution is -0.108. The van der Waals surface area contributed by atoms with Crippen LogP contribution in [0, 0.1) is 0 Å². The Hall–Kier alpha value is -3.39. The van der Waals surface area contributed by atoms with Gasteiger partial charge in [0.2, 0.25) is 0 Å². The number of carbonyl (C=O) groups is 2. The highest BCUT2D eigenvalue weighted by molar-refractivity contribution is 6.31. The predicted molar refractivity (Wildman–Crippen MR) is 108 cm³/mol. The molecule has 0 radical (unpaired) electrons. The third kappa shape index (κ3) is 4.12. The number of benzene rings is 1. The fourth-order valence-corrected chi connectivity index (χ4v) is 3.12. The zero-order valence-corrected chi connectivity index (χ0v) is 15.8. The summed E-state index contributed by atoms with van der Waals surface area (Å²) in [6.07, 6.45) is 4.06. The summed E-state index contributed by atoms with van der Waals surface area (Å²) >= 11 is 5.96. The van der Waals surface area contributed by atoms with Crippen molar-refractivity contribution < 1.29 is 9.59 Å². The molecule has 3 rings (SSSR count). The minimum Gasteiger partial charge on any atom is -0.370 e. The summed E-state index contributed by atoms with van der Waals surface area (Å²) < 4.78 is 1.72. The van der Waals surface area contributed by atoms with Crippen molar-refractivity contribution in [1.29, 1.82) is 0 Å². The molecule has 1 aromatic carbocycles. The van der Waals surface area contributed by atoms with Crippen molar-refractivity contribution in [3.63, 3.8) is 0 Å². The van der Waals surface area contributed by atoms with Crippen LogP contribution in [0.1, 0.15) is 29.4 Å². The van der Waals surface area contributed by atoms with E-state index in [-0.39, 0.29) is 24.0 Å². The van der Waals surface area contributed by atoms with Crippen LogP contribution in [-0.4, -0.2) is 27.5 Å². The lowest BCUT2D eigenvalue weighted by Crippen LogP contribution is -2.30. The fourth-order valence-electron chi connectivity index (χ4n) is 2.90. The summed E-state index contributed by atoms with van der Waals surface area (Å²) in [5.74, 6) is -0.502. The number of aromatic nitrogens is 2. The number of guanidine groups is 1. The van der Waals surface area contributed by atoms with Crippen molar-refractivity contribution in [1.82, 2.24) is 9.38 Å². The molecule has 0 saturated carbocycles. The van der Waals surface area contributed by atoms with Gasteiger partial charge in [-0.05, 0) is 36.8 Å². The number of nitrogens with zero attached hydrogens (tertiary/aromatic N) is 3. The minimum atomic E-state index is -0.929. The molecule has 0 bridgehead atoms. The van der Waals surface area contributed by atoms with Crippen LogP contribution < -0.4 is 16.8 Å². The number of aliphatic imine (C=N–C) groups is 1. The Morgan fingerprint density at radius 3 is 2.86 bits per heavy atom. The van der Waals surface area contributed by atoms with E-state index in [0.29, 0.717) is 16.3 Å². The van der Waals surface area contributed by atoms with Gasteiger partial charge in [-0.2, -0.15) is 0 Å². The smallest absolute Gasteiger partial charge is 0.274 e. The fraction of sp³-hybridized carbons (Fsp3) is 0.158. The van der Waals surface area contributed by atoms with E-state index in [4.69, 9.17) is 23.1 Å². The maximum atomic E-state index is 12.6. The normalized spacial score (nSPS) is 12.9. The SMILES string of the molecule is CC(CC=O)(N=C(N)N)c1cccc(NC(=O)c2cc3cc(Cl)cn3cn2)c1. The molecule has 0 saturated heterocycles. The molecule has 0 fully saturated rings. The van der Waals surface area contributed by atoms with Crippen molar-refractivity contribution in [3.05, 3.63) is 65.2 Å². The number of halogens is 1. The Balaban J connectivity index is 1.87. The highest BCUT2D eigenvalue weighted by atomic mass is 35.5. The Kier molecular flexibility index (Phi) is 5.32. The molecule has 1 amide bonds. The van der Waals surface area contributed by atoms with Gasteiger partial charge in [-0.1, -0.05) is 23.7 Å². The number of aldehydes is 1. The van der Waals surface area contributed by atoms with E-state index in [1.807, 2.05) is 0 Å². The van der Waals surface area contributed by atoms with Gasteiger partial charge in [-0.15, -0.1) is 0 Å². The van der Waals surface area contributed by atoms with Crippen LogP contribution in [0.3, 0.4) is 0 Å². The van der Waals surface area contributed by atoms with Crippen molar-refractivity contribution in [3.8, 4) is 0 Å². The molecule has 8 nitrogen and oxygen atoms in total. The highest BCUT2D eigenvalue weighted by Gasteiger charge is 2.26. The van der Waals surface area contributed by atoms with Crippen LogP contribution >= 0.6 is 11.6 Å². The molecule has 5 N–H and O–H groups in total. The second kappa shape index (κ2) is 7.69. The molecule has 28 heavy (non-hydrogen) atoms. The van der Waals surface area contributed by atoms with Crippen LogP contribution in [0.25, 0.3) is 5.52 Å². The van der Waals surface area contributed by atoms with Gasteiger partial charge in [0.25, 0.3) is 5.91 Å². The van der Waals surface area contributed by atoms with Crippen molar-refractivity contribution in [2.75, 3.05) is 5.32 Å². The predicted octanol–water partition coefficient (Wildman–Crippen LogP) is 2.32. The summed E-state index contributed by atoms with van der Waals surface area (Å²) in [5.41, 5.74) is 12.3. The van der Waals surface area contributed by atoms with E-state index < -0.39 is 5.54 Å². The first kappa shape index (κ1) is 19.4. The van der Waals surface area contributed by atoms with Gasteiger partial charge in [0.1, 0.15) is 18.3 Å².